The molecular formula is HFeKO2. The van der Waals surface area contributed by atoms with E-state index >= 15 is 0 Å². The molecule has 2 nitrogen and oxygen atoms in total. The molecule has 0 aliphatic rings. The Morgan fingerprint density at radius 1 is 1.25 bits per heavy atom. The van der Waals surface area contributed by atoms with Crippen LogP contribution < -0.4 is 56.6 Å². The Balaban J connectivity index is -0.00000000500. The van der Waals surface area contributed by atoms with Crippen LogP contribution in [0.1, 0.15) is 0 Å². The molecule has 4 heavy (non-hydrogen) atoms. The summed E-state index contributed by atoms with van der Waals surface area (Å²) < 4.78 is 0. The molecule has 0 aliphatic heterocycles. The van der Waals surface area contributed by atoms with Crippen LogP contribution in [-0.2, 0) is 17.1 Å². The SMILES string of the molecule is [Fe].[K+].[O-]O. The Morgan fingerprint density at radius 2 is 1.25 bits per heavy atom. The van der Waals surface area contributed by atoms with Gasteiger partial charge in [0.25, 0.3) is 0 Å². The summed E-state index contributed by atoms with van der Waals surface area (Å²) in [5.74, 6) is 0. The monoisotopic (exact) mass is 128 g/mol. The maximum absolute atomic E-state index is 7.25. The predicted molar refractivity (Wildman–Crippen MR) is 2.63 cm³/mol. The molecule has 0 aromatic heterocycles. The molecule has 0 fully saturated rings. The van der Waals surface area contributed by atoms with E-state index in [-0.39, 0.29) is 68.5 Å². The first-order valence-electron chi connectivity index (χ1n) is 0.183. The Bertz CT molecular complexity index is 6.00. The third-order valence-corrected chi connectivity index (χ3v) is 0. The van der Waals surface area contributed by atoms with Gasteiger partial charge in [-0.1, -0.05) is 0 Å². The van der Waals surface area contributed by atoms with Gasteiger partial charge in [-0.25, -0.2) is 0 Å². The second kappa shape index (κ2) is 19.6. The van der Waals surface area contributed by atoms with E-state index in [9.17, 15) is 0 Å². The molecule has 0 atom stereocenters. The standard InChI is InChI=1S/Fe.K.H2O2/c;;1-2/h;;1-2H/q;+1;/p-1. The van der Waals surface area contributed by atoms with Gasteiger partial charge < -0.3 is 10.5 Å². The number of hydrogen-bond acceptors (Lipinski definition) is 2. The molecule has 4 heteroatoms. The van der Waals surface area contributed by atoms with Gasteiger partial charge in [0.2, 0.25) is 0 Å². The molecule has 0 amide bonds. The van der Waals surface area contributed by atoms with Gasteiger partial charge in [0.1, 0.15) is 0 Å². The summed E-state index contributed by atoms with van der Waals surface area (Å²) in [5, 5.41) is 13.0. The van der Waals surface area contributed by atoms with Crippen molar-refractivity contribution in [3.8, 4) is 0 Å². The minimum Gasteiger partial charge on any atom is -0.727 e. The molecule has 1 N–H and O–H groups in total. The van der Waals surface area contributed by atoms with E-state index in [1.807, 2.05) is 0 Å². The Hall–Kier alpha value is 2.08. The van der Waals surface area contributed by atoms with Crippen molar-refractivity contribution in [1.29, 1.82) is 0 Å². The summed E-state index contributed by atoms with van der Waals surface area (Å²) in [6.45, 7) is 0. The topological polar surface area (TPSA) is 43.3 Å². The van der Waals surface area contributed by atoms with Crippen molar-refractivity contribution >= 4 is 0 Å². The summed E-state index contributed by atoms with van der Waals surface area (Å²) in [6, 6.07) is 0. The van der Waals surface area contributed by atoms with Crippen molar-refractivity contribution in [1.82, 2.24) is 0 Å². The van der Waals surface area contributed by atoms with E-state index in [4.69, 9.17) is 10.5 Å². The fourth-order valence-corrected chi connectivity index (χ4v) is 0. The Morgan fingerprint density at radius 3 is 1.25 bits per heavy atom. The van der Waals surface area contributed by atoms with E-state index in [1.165, 1.54) is 0 Å². The van der Waals surface area contributed by atoms with Gasteiger partial charge >= 0.3 is 51.4 Å². The summed E-state index contributed by atoms with van der Waals surface area (Å²) in [4.78, 5) is 0. The molecule has 0 saturated carbocycles. The first kappa shape index (κ1) is 16.5. The van der Waals surface area contributed by atoms with Crippen molar-refractivity contribution in [3.05, 3.63) is 0 Å². The second-order valence-electron chi connectivity index (χ2n) is 0. The van der Waals surface area contributed by atoms with Crippen molar-refractivity contribution in [2.24, 2.45) is 0 Å². The number of hydrogen-bond donors (Lipinski definition) is 1. The zero-order chi connectivity index (χ0) is 2.00. The maximum Gasteiger partial charge on any atom is 1.00 e. The minimum absolute atomic E-state index is 0. The van der Waals surface area contributed by atoms with Gasteiger partial charge in [-0.15, -0.1) is 0 Å². The van der Waals surface area contributed by atoms with Crippen LogP contribution in [0.15, 0.2) is 0 Å². The van der Waals surface area contributed by atoms with Gasteiger partial charge in [0, 0.05) is 17.1 Å². The average molecular weight is 128 g/mol. The molecule has 0 saturated heterocycles. The van der Waals surface area contributed by atoms with Crippen LogP contribution in [0, 0.1) is 0 Å². The molecule has 0 heterocycles. The van der Waals surface area contributed by atoms with E-state index in [1.54, 1.807) is 0 Å². The summed E-state index contributed by atoms with van der Waals surface area (Å²) in [6.07, 6.45) is 0. The van der Waals surface area contributed by atoms with Crippen LogP contribution in [-0.4, -0.2) is 5.26 Å². The quantitative estimate of drug-likeness (QED) is 0.204. The predicted octanol–water partition coefficient (Wildman–Crippen LogP) is -4.18. The van der Waals surface area contributed by atoms with Crippen LogP contribution in [0.25, 0.3) is 0 Å². The summed E-state index contributed by atoms with van der Waals surface area (Å²) in [7, 11) is 0. The van der Waals surface area contributed by atoms with E-state index in [0.717, 1.165) is 0 Å². The van der Waals surface area contributed by atoms with Gasteiger partial charge in [0.15, 0.2) is 0 Å². The van der Waals surface area contributed by atoms with E-state index < -0.39 is 0 Å². The first-order chi connectivity index (χ1) is 1.00. The zero-order valence-electron chi connectivity index (χ0n) is 2.21. The van der Waals surface area contributed by atoms with Crippen LogP contribution >= 0.6 is 0 Å². The van der Waals surface area contributed by atoms with Gasteiger partial charge in [-0.2, -0.15) is 0 Å². The first-order valence-corrected chi connectivity index (χ1v) is 0.183. The van der Waals surface area contributed by atoms with Crippen LogP contribution in [0.2, 0.25) is 0 Å². The van der Waals surface area contributed by atoms with Crippen LogP contribution in [0.5, 0.6) is 0 Å². The third kappa shape index (κ3) is 8.95. The molecule has 0 radical (unpaired) electrons. The van der Waals surface area contributed by atoms with Crippen LogP contribution in [0.4, 0.5) is 0 Å². The van der Waals surface area contributed by atoms with Crippen molar-refractivity contribution in [2.75, 3.05) is 0 Å². The molecule has 22 valence electrons. The Kier molecular flexibility index (Phi) is 80.9. The molecule has 0 aromatic rings. The molecule has 0 bridgehead atoms. The fraction of sp³-hybridized carbons (Fsp3) is 0. The second-order valence-corrected chi connectivity index (χ2v) is 0. The van der Waals surface area contributed by atoms with Gasteiger partial charge in [-0.3, -0.25) is 0 Å². The number of rotatable bonds is 0. The largest absolute Gasteiger partial charge is 1.00 e. The van der Waals surface area contributed by atoms with E-state index in [2.05, 4.69) is 0 Å². The minimum atomic E-state index is 0. The van der Waals surface area contributed by atoms with E-state index in [0.29, 0.717) is 0 Å². The molecule has 0 rings (SSSR count). The van der Waals surface area contributed by atoms with Crippen LogP contribution in [0.3, 0.4) is 0 Å². The van der Waals surface area contributed by atoms with Gasteiger partial charge in [-0.05, 0) is 0 Å². The normalized spacial score (nSPS) is 1.50. The zero-order valence-corrected chi connectivity index (χ0v) is 6.44. The van der Waals surface area contributed by atoms with Crippen molar-refractivity contribution in [3.63, 3.8) is 0 Å². The average Bonchev–Trinajstić information content (AvgIpc) is 1.00. The molecule has 0 aromatic carbocycles. The summed E-state index contributed by atoms with van der Waals surface area (Å²) >= 11 is 0. The van der Waals surface area contributed by atoms with Crippen molar-refractivity contribution < 1.29 is 79.0 Å². The Labute approximate surface area is 77.4 Å². The molecule has 0 unspecified atom stereocenters. The maximum atomic E-state index is 7.25. The molecule has 0 aliphatic carbocycles. The summed E-state index contributed by atoms with van der Waals surface area (Å²) in [5.41, 5.74) is 0. The molecular weight excluding hydrogens is 127 g/mol. The molecule has 0 spiro atoms. The smallest absolute Gasteiger partial charge is 0.727 e. The van der Waals surface area contributed by atoms with Crippen molar-refractivity contribution in [2.45, 2.75) is 0 Å². The van der Waals surface area contributed by atoms with Gasteiger partial charge in [0.05, 0.1) is 0 Å². The fourth-order valence-electron chi connectivity index (χ4n) is 0. The third-order valence-electron chi connectivity index (χ3n) is 0.